The third-order valence-electron chi connectivity index (χ3n) is 7.03. The summed E-state index contributed by atoms with van der Waals surface area (Å²) in [5.41, 5.74) is 2.13. The molecule has 0 aliphatic heterocycles. The zero-order valence-electron chi connectivity index (χ0n) is 25.3. The number of alkyl halides is 3. The van der Waals surface area contributed by atoms with Gasteiger partial charge in [0.2, 0.25) is 11.2 Å². The van der Waals surface area contributed by atoms with Crippen molar-refractivity contribution in [1.29, 1.82) is 0 Å². The van der Waals surface area contributed by atoms with E-state index in [0.29, 0.717) is 0 Å². The average molecular weight is 596 g/mol. The molecule has 228 valence electrons. The number of amides is 1. The molecule has 1 N–H and O–H groups in total. The average Bonchev–Trinajstić information content (AvgIpc) is 2.92. The smallest absolute Gasteiger partial charge is 0.453 e. The maximum atomic E-state index is 14.0. The van der Waals surface area contributed by atoms with Gasteiger partial charge in [-0.05, 0) is 58.2 Å². The molecule has 1 amide bonds. The Morgan fingerprint density at radius 2 is 1.47 bits per heavy atom. The Hall–Kier alpha value is -4.27. The second kappa shape index (κ2) is 12.1. The van der Waals surface area contributed by atoms with Gasteiger partial charge in [-0.15, -0.1) is 0 Å². The van der Waals surface area contributed by atoms with E-state index < -0.39 is 35.6 Å². The Morgan fingerprint density at radius 1 is 0.884 bits per heavy atom. The van der Waals surface area contributed by atoms with E-state index in [9.17, 15) is 22.8 Å². The van der Waals surface area contributed by atoms with Crippen molar-refractivity contribution in [2.24, 2.45) is 0 Å². The Kier molecular flexibility index (Phi) is 8.94. The van der Waals surface area contributed by atoms with Crippen molar-refractivity contribution in [3.63, 3.8) is 0 Å². The molecule has 1 heterocycles. The molecule has 4 rings (SSSR count). The number of ether oxygens (including phenoxy) is 2. The van der Waals surface area contributed by atoms with Crippen molar-refractivity contribution in [3.8, 4) is 17.2 Å². The molecular weight excluding hydrogens is 559 g/mol. The first-order chi connectivity index (χ1) is 20.1. The fourth-order valence-electron chi connectivity index (χ4n) is 4.69. The zero-order chi connectivity index (χ0) is 31.7. The number of anilines is 1. The minimum absolute atomic E-state index is 0.0617. The van der Waals surface area contributed by atoms with Crippen LogP contribution in [0, 0.1) is 0 Å². The summed E-state index contributed by atoms with van der Waals surface area (Å²) in [7, 11) is 0. The molecule has 0 saturated heterocycles. The van der Waals surface area contributed by atoms with Gasteiger partial charge in [0.1, 0.15) is 17.1 Å². The van der Waals surface area contributed by atoms with Crippen LogP contribution in [0.1, 0.15) is 82.8 Å². The topological polar surface area (TPSA) is 77.8 Å². The van der Waals surface area contributed by atoms with Crippen LogP contribution < -0.4 is 20.2 Å². The number of benzene rings is 3. The molecular formula is C34H36F3NO5. The van der Waals surface area contributed by atoms with Crippen LogP contribution in [-0.4, -0.2) is 12.5 Å². The lowest BCUT2D eigenvalue weighted by molar-refractivity contribution is -0.154. The third-order valence-corrected chi connectivity index (χ3v) is 7.03. The minimum Gasteiger partial charge on any atom is -0.484 e. The van der Waals surface area contributed by atoms with E-state index in [2.05, 4.69) is 5.32 Å². The van der Waals surface area contributed by atoms with E-state index in [1.54, 1.807) is 12.1 Å². The Bertz CT molecular complexity index is 1650. The van der Waals surface area contributed by atoms with Gasteiger partial charge < -0.3 is 19.2 Å². The molecule has 0 aliphatic carbocycles. The van der Waals surface area contributed by atoms with Gasteiger partial charge >= 0.3 is 6.18 Å². The summed E-state index contributed by atoms with van der Waals surface area (Å²) in [5.74, 6) is -2.50. The second-order valence-corrected chi connectivity index (χ2v) is 12.1. The first kappa shape index (κ1) is 31.7. The van der Waals surface area contributed by atoms with Crippen LogP contribution in [-0.2, 0) is 16.4 Å². The molecule has 0 aliphatic rings. The number of nitrogens with one attached hydrogen (secondary N) is 1. The lowest BCUT2D eigenvalue weighted by atomic mass is 9.87. The summed E-state index contributed by atoms with van der Waals surface area (Å²) in [6, 6.07) is 16.2. The normalized spacial score (nSPS) is 12.2. The summed E-state index contributed by atoms with van der Waals surface area (Å²) >= 11 is 0. The molecule has 0 unspecified atom stereocenters. The van der Waals surface area contributed by atoms with Crippen LogP contribution in [0.5, 0.6) is 17.2 Å². The predicted molar refractivity (Wildman–Crippen MR) is 161 cm³/mol. The highest BCUT2D eigenvalue weighted by molar-refractivity contribution is 5.94. The van der Waals surface area contributed by atoms with Crippen LogP contribution >= 0.6 is 0 Å². The van der Waals surface area contributed by atoms with Crippen molar-refractivity contribution in [2.45, 2.75) is 71.9 Å². The first-order valence-corrected chi connectivity index (χ1v) is 14.1. The number of para-hydroxylation sites is 1. The number of carbonyl (C=O) groups is 1. The van der Waals surface area contributed by atoms with Crippen molar-refractivity contribution >= 4 is 22.6 Å². The molecule has 0 saturated carbocycles. The van der Waals surface area contributed by atoms with Crippen LogP contribution in [0.15, 0.2) is 69.9 Å². The molecule has 3 aromatic carbocycles. The van der Waals surface area contributed by atoms with Crippen molar-refractivity contribution < 1.29 is 31.9 Å². The number of hydrogen-bond acceptors (Lipinski definition) is 5. The van der Waals surface area contributed by atoms with E-state index in [4.69, 9.17) is 13.9 Å². The van der Waals surface area contributed by atoms with Gasteiger partial charge in [-0.1, -0.05) is 78.8 Å². The maximum Gasteiger partial charge on any atom is 0.453 e. The molecule has 0 atom stereocenters. The monoisotopic (exact) mass is 595 g/mol. The number of fused-ring (bicyclic) bond motifs is 1. The van der Waals surface area contributed by atoms with Crippen LogP contribution in [0.4, 0.5) is 18.9 Å². The van der Waals surface area contributed by atoms with E-state index >= 15 is 0 Å². The lowest BCUT2D eigenvalue weighted by Gasteiger charge is -2.20. The lowest BCUT2D eigenvalue weighted by Crippen LogP contribution is -2.22. The highest BCUT2D eigenvalue weighted by Gasteiger charge is 2.40. The van der Waals surface area contributed by atoms with E-state index in [1.807, 2.05) is 66.7 Å². The standard InChI is InChI=1S/C34H36F3NO5/c1-19(2)24-9-8-10-25(20(3)4)29(24)38-28(39)18-41-23-15-16-26-27(17-23)43-32(34(35,36)37)31(30(26)40)42-22-13-11-21(12-14-22)33(5,6)7/h8-17,19-20H,18H2,1-7H3,(H,38,39). The number of carbonyl (C=O) groups excluding carboxylic acids is 1. The fraction of sp³-hybridized carbons (Fsp3) is 0.353. The van der Waals surface area contributed by atoms with Gasteiger partial charge in [0.25, 0.3) is 11.7 Å². The van der Waals surface area contributed by atoms with Crippen molar-refractivity contribution in [3.05, 3.63) is 93.3 Å². The summed E-state index contributed by atoms with van der Waals surface area (Å²) in [6.45, 7) is 13.7. The zero-order valence-corrected chi connectivity index (χ0v) is 25.3. The number of rotatable bonds is 8. The van der Waals surface area contributed by atoms with Crippen LogP contribution in [0.25, 0.3) is 11.0 Å². The fourth-order valence-corrected chi connectivity index (χ4v) is 4.69. The molecule has 0 bridgehead atoms. The molecule has 0 fully saturated rings. The van der Waals surface area contributed by atoms with E-state index in [1.165, 1.54) is 24.3 Å². The minimum atomic E-state index is -5.01. The van der Waals surface area contributed by atoms with Gasteiger partial charge in [-0.25, -0.2) is 0 Å². The molecule has 9 heteroatoms. The van der Waals surface area contributed by atoms with E-state index in [0.717, 1.165) is 28.4 Å². The Balaban J connectivity index is 1.60. The third kappa shape index (κ3) is 7.21. The number of halogens is 3. The molecule has 1 aromatic heterocycles. The summed E-state index contributed by atoms with van der Waals surface area (Å²) in [6.07, 6.45) is -5.01. The highest BCUT2D eigenvalue weighted by atomic mass is 19.4. The van der Waals surface area contributed by atoms with Gasteiger partial charge in [-0.3, -0.25) is 9.59 Å². The number of hydrogen-bond donors (Lipinski definition) is 1. The Labute approximate surface area is 248 Å². The van der Waals surface area contributed by atoms with Crippen LogP contribution in [0.3, 0.4) is 0 Å². The summed E-state index contributed by atoms with van der Waals surface area (Å²) in [4.78, 5) is 26.0. The molecule has 0 spiro atoms. The molecule has 4 aromatic rings. The van der Waals surface area contributed by atoms with Crippen molar-refractivity contribution in [1.82, 2.24) is 0 Å². The molecule has 43 heavy (non-hydrogen) atoms. The van der Waals surface area contributed by atoms with Crippen molar-refractivity contribution in [2.75, 3.05) is 11.9 Å². The predicted octanol–water partition coefficient (Wildman–Crippen LogP) is 9.17. The summed E-state index contributed by atoms with van der Waals surface area (Å²) in [5, 5.41) is 2.80. The molecule has 6 nitrogen and oxygen atoms in total. The summed E-state index contributed by atoms with van der Waals surface area (Å²) < 4.78 is 58.3. The largest absolute Gasteiger partial charge is 0.484 e. The second-order valence-electron chi connectivity index (χ2n) is 12.1. The quantitative estimate of drug-likeness (QED) is 0.220. The van der Waals surface area contributed by atoms with Crippen LogP contribution in [0.2, 0.25) is 0 Å². The highest BCUT2D eigenvalue weighted by Crippen LogP contribution is 2.39. The first-order valence-electron chi connectivity index (χ1n) is 14.1. The van der Waals surface area contributed by atoms with Gasteiger partial charge in [0, 0.05) is 11.8 Å². The Morgan fingerprint density at radius 3 is 2.00 bits per heavy atom. The SMILES string of the molecule is CC(C)c1cccc(C(C)C)c1NC(=O)COc1ccc2c(=O)c(Oc3ccc(C(C)(C)C)cc3)c(C(F)(F)F)oc2c1. The van der Waals surface area contributed by atoms with E-state index in [-0.39, 0.29) is 39.7 Å². The maximum absolute atomic E-state index is 14.0. The van der Waals surface area contributed by atoms with Gasteiger partial charge in [0.05, 0.1) is 5.39 Å². The molecule has 0 radical (unpaired) electrons. The van der Waals surface area contributed by atoms with Gasteiger partial charge in [0.15, 0.2) is 6.61 Å². The van der Waals surface area contributed by atoms with Gasteiger partial charge in [-0.2, -0.15) is 13.2 Å².